The van der Waals surface area contributed by atoms with E-state index in [4.69, 9.17) is 4.55 Å². The molecule has 0 unspecified atom stereocenters. The third-order valence-corrected chi connectivity index (χ3v) is 2.96. The summed E-state index contributed by atoms with van der Waals surface area (Å²) >= 11 is 0. The van der Waals surface area contributed by atoms with Crippen molar-refractivity contribution in [1.82, 2.24) is 10.3 Å². The molecule has 1 heterocycles. The Balaban J connectivity index is 2.58. The molecule has 0 saturated carbocycles. The molecule has 2 N–H and O–H groups in total. The molecule has 100 valence electrons. The Bertz CT molecular complexity index is 514. The standard InChI is InChI=1S/C11H16N2O4S/c1-2-3-9-4-5-12-10(8-9)11(14)13-6-7-18(15,16)17/h4-5,8H,2-3,6-7H2,1H3,(H,13,14)(H,15,16,17). The van der Waals surface area contributed by atoms with Crippen molar-refractivity contribution in [2.75, 3.05) is 12.3 Å². The molecule has 0 aromatic carbocycles. The molecule has 1 rings (SSSR count). The largest absolute Gasteiger partial charge is 0.350 e. The summed E-state index contributed by atoms with van der Waals surface area (Å²) in [5.74, 6) is -0.954. The second-order valence-electron chi connectivity index (χ2n) is 3.84. The Morgan fingerprint density at radius 3 is 2.83 bits per heavy atom. The SMILES string of the molecule is CCCc1ccnc(C(=O)NCCS(=O)(=O)O)c1. The number of pyridine rings is 1. The molecule has 7 heteroatoms. The van der Waals surface area contributed by atoms with Crippen molar-refractivity contribution in [3.63, 3.8) is 0 Å². The first-order valence-corrected chi connectivity index (χ1v) is 7.21. The monoisotopic (exact) mass is 272 g/mol. The van der Waals surface area contributed by atoms with E-state index in [1.807, 2.05) is 13.0 Å². The molecule has 0 atom stereocenters. The highest BCUT2D eigenvalue weighted by atomic mass is 32.2. The van der Waals surface area contributed by atoms with Crippen LogP contribution in [0.1, 0.15) is 29.4 Å². The van der Waals surface area contributed by atoms with E-state index in [-0.39, 0.29) is 12.2 Å². The summed E-state index contributed by atoms with van der Waals surface area (Å²) in [7, 11) is -4.05. The van der Waals surface area contributed by atoms with Crippen molar-refractivity contribution in [2.45, 2.75) is 19.8 Å². The van der Waals surface area contributed by atoms with Crippen LogP contribution in [0.3, 0.4) is 0 Å². The molecular formula is C11H16N2O4S. The molecule has 0 saturated heterocycles. The predicted octanol–water partition coefficient (Wildman–Crippen LogP) is 0.652. The van der Waals surface area contributed by atoms with Crippen molar-refractivity contribution >= 4 is 16.0 Å². The molecule has 0 fully saturated rings. The number of amides is 1. The lowest BCUT2D eigenvalue weighted by atomic mass is 10.1. The van der Waals surface area contributed by atoms with Crippen LogP contribution in [-0.4, -0.2) is 36.2 Å². The molecule has 18 heavy (non-hydrogen) atoms. The Kier molecular flexibility index (Phi) is 5.24. The van der Waals surface area contributed by atoms with E-state index in [1.165, 1.54) is 0 Å². The Morgan fingerprint density at radius 2 is 2.22 bits per heavy atom. The maximum absolute atomic E-state index is 11.6. The predicted molar refractivity (Wildman–Crippen MR) is 67.0 cm³/mol. The first-order valence-electron chi connectivity index (χ1n) is 5.60. The Morgan fingerprint density at radius 1 is 1.50 bits per heavy atom. The number of nitrogens with zero attached hydrogens (tertiary/aromatic N) is 1. The van der Waals surface area contributed by atoms with Gasteiger partial charge in [-0.3, -0.25) is 14.3 Å². The topological polar surface area (TPSA) is 96.4 Å². The summed E-state index contributed by atoms with van der Waals surface area (Å²) in [6.07, 6.45) is 3.37. The van der Waals surface area contributed by atoms with Gasteiger partial charge in [0.25, 0.3) is 16.0 Å². The number of hydrogen-bond acceptors (Lipinski definition) is 4. The summed E-state index contributed by atoms with van der Waals surface area (Å²) in [5, 5.41) is 2.38. The number of aryl methyl sites for hydroxylation is 1. The fraction of sp³-hybridized carbons (Fsp3) is 0.455. The highest BCUT2D eigenvalue weighted by Gasteiger charge is 2.09. The lowest BCUT2D eigenvalue weighted by Gasteiger charge is -2.05. The molecule has 1 amide bonds. The van der Waals surface area contributed by atoms with Crippen LogP contribution in [0.5, 0.6) is 0 Å². The van der Waals surface area contributed by atoms with E-state index in [2.05, 4.69) is 10.3 Å². The first-order chi connectivity index (χ1) is 8.42. The van der Waals surface area contributed by atoms with Crippen LogP contribution in [0.2, 0.25) is 0 Å². The molecule has 0 aliphatic heterocycles. The van der Waals surface area contributed by atoms with Crippen molar-refractivity contribution < 1.29 is 17.8 Å². The van der Waals surface area contributed by atoms with Gasteiger partial charge in [0.2, 0.25) is 0 Å². The van der Waals surface area contributed by atoms with Crippen LogP contribution >= 0.6 is 0 Å². The summed E-state index contributed by atoms with van der Waals surface area (Å²) < 4.78 is 29.5. The molecule has 0 radical (unpaired) electrons. The highest BCUT2D eigenvalue weighted by Crippen LogP contribution is 2.04. The van der Waals surface area contributed by atoms with Crippen LogP contribution < -0.4 is 5.32 Å². The van der Waals surface area contributed by atoms with Crippen molar-refractivity contribution in [3.8, 4) is 0 Å². The maximum Gasteiger partial charge on any atom is 0.269 e. The zero-order valence-electron chi connectivity index (χ0n) is 10.1. The molecular weight excluding hydrogens is 256 g/mol. The fourth-order valence-corrected chi connectivity index (χ4v) is 1.79. The van der Waals surface area contributed by atoms with Gasteiger partial charge in [0.1, 0.15) is 5.69 Å². The van der Waals surface area contributed by atoms with Gasteiger partial charge in [0.15, 0.2) is 0 Å². The zero-order chi connectivity index (χ0) is 13.6. The van der Waals surface area contributed by atoms with Crippen LogP contribution in [0.4, 0.5) is 0 Å². The third kappa shape index (κ3) is 5.24. The van der Waals surface area contributed by atoms with E-state index < -0.39 is 21.8 Å². The van der Waals surface area contributed by atoms with E-state index in [9.17, 15) is 13.2 Å². The molecule has 0 spiro atoms. The number of carbonyl (C=O) groups is 1. The molecule has 6 nitrogen and oxygen atoms in total. The first kappa shape index (κ1) is 14.6. The zero-order valence-corrected chi connectivity index (χ0v) is 10.9. The van der Waals surface area contributed by atoms with Gasteiger partial charge in [-0.25, -0.2) is 0 Å². The number of hydrogen-bond donors (Lipinski definition) is 2. The van der Waals surface area contributed by atoms with Gasteiger partial charge in [-0.05, 0) is 24.1 Å². The van der Waals surface area contributed by atoms with Gasteiger partial charge in [0, 0.05) is 12.7 Å². The molecule has 1 aromatic heterocycles. The van der Waals surface area contributed by atoms with Gasteiger partial charge < -0.3 is 5.32 Å². The number of carbonyl (C=O) groups excluding carboxylic acids is 1. The molecule has 1 aromatic rings. The minimum atomic E-state index is -4.05. The van der Waals surface area contributed by atoms with Gasteiger partial charge in [-0.2, -0.15) is 8.42 Å². The summed E-state index contributed by atoms with van der Waals surface area (Å²) in [6.45, 7) is 1.89. The second-order valence-corrected chi connectivity index (χ2v) is 5.41. The van der Waals surface area contributed by atoms with Gasteiger partial charge in [0.05, 0.1) is 5.75 Å². The summed E-state index contributed by atoms with van der Waals surface area (Å²) in [6, 6.07) is 3.50. The number of nitrogens with one attached hydrogen (secondary N) is 1. The van der Waals surface area contributed by atoms with Gasteiger partial charge in [-0.1, -0.05) is 13.3 Å². The number of rotatable bonds is 6. The van der Waals surface area contributed by atoms with E-state index in [1.54, 1.807) is 12.3 Å². The maximum atomic E-state index is 11.6. The summed E-state index contributed by atoms with van der Waals surface area (Å²) in [4.78, 5) is 15.5. The normalized spacial score (nSPS) is 11.2. The fourth-order valence-electron chi connectivity index (χ4n) is 1.43. The quantitative estimate of drug-likeness (QED) is 0.741. The van der Waals surface area contributed by atoms with E-state index in [0.29, 0.717) is 0 Å². The average molecular weight is 272 g/mol. The van der Waals surface area contributed by atoms with Crippen LogP contribution in [0.15, 0.2) is 18.3 Å². The smallest absolute Gasteiger partial charge is 0.269 e. The Labute approximate surface area is 106 Å². The van der Waals surface area contributed by atoms with Crippen molar-refractivity contribution in [3.05, 3.63) is 29.6 Å². The minimum absolute atomic E-state index is 0.142. The van der Waals surface area contributed by atoms with E-state index >= 15 is 0 Å². The third-order valence-electron chi connectivity index (χ3n) is 2.24. The van der Waals surface area contributed by atoms with E-state index in [0.717, 1.165) is 18.4 Å². The summed E-state index contributed by atoms with van der Waals surface area (Å²) in [5.41, 5.74) is 1.25. The minimum Gasteiger partial charge on any atom is -0.350 e. The molecule has 0 aliphatic carbocycles. The van der Waals surface area contributed by atoms with Crippen LogP contribution in [-0.2, 0) is 16.5 Å². The lowest BCUT2D eigenvalue weighted by molar-refractivity contribution is 0.0951. The second kappa shape index (κ2) is 6.46. The number of aromatic nitrogens is 1. The highest BCUT2D eigenvalue weighted by molar-refractivity contribution is 7.85. The van der Waals surface area contributed by atoms with Crippen molar-refractivity contribution in [2.24, 2.45) is 0 Å². The molecule has 0 aliphatic rings. The molecule has 0 bridgehead atoms. The Hall–Kier alpha value is -1.47. The van der Waals surface area contributed by atoms with Crippen molar-refractivity contribution in [1.29, 1.82) is 0 Å². The average Bonchev–Trinajstić information content (AvgIpc) is 2.28. The van der Waals surface area contributed by atoms with Crippen LogP contribution in [0.25, 0.3) is 0 Å². The van der Waals surface area contributed by atoms with Gasteiger partial charge >= 0.3 is 0 Å². The van der Waals surface area contributed by atoms with Gasteiger partial charge in [-0.15, -0.1) is 0 Å². The van der Waals surface area contributed by atoms with Crippen LogP contribution in [0, 0.1) is 0 Å². The lowest BCUT2D eigenvalue weighted by Crippen LogP contribution is -2.29.